The predicted octanol–water partition coefficient (Wildman–Crippen LogP) is 2.46. The van der Waals surface area contributed by atoms with Gasteiger partial charge < -0.3 is 93.3 Å². The summed E-state index contributed by atoms with van der Waals surface area (Å²) in [5.74, 6) is -0.201. The van der Waals surface area contributed by atoms with Crippen LogP contribution in [-0.4, -0.2) is 191 Å². The number of carbonyl (C=O) groups excluding carboxylic acids is 1. The van der Waals surface area contributed by atoms with E-state index >= 15 is 0 Å². The topological polar surface area (TPSA) is 309 Å². The fraction of sp³-hybridized carbons (Fsp3) is 0.821. The van der Waals surface area contributed by atoms with Gasteiger partial charge in [0.25, 0.3) is 0 Å². The minimum Gasteiger partial charge on any atom is -0.493 e. The van der Waals surface area contributed by atoms with Crippen LogP contribution in [0.4, 0.5) is 0 Å². The number of aliphatic hydroxyl groups excluding tert-OH is 8. The SMILES string of the molecule is COc1cc(C(=O)O[C@H]2C[C@]3(C(=O)O)C[C@@H]4C[C@]45C(=CC[C@@H]4[C@@]6(C)CC[C@H](O[C@@H]7O[C@H](CO)[C@@H](O)[C@H](O)[C@H]7O[C@@H]7OC[C@@H](O[C@@H]8OC[C@@H](O)[C@H](O)[C@H]8O)[C@H](O)[C@H]7O)C(C)(C)[C@@H]6CC[C@]45C)[C@@H]3CC2(C)C)cc(OC)c1OC. The van der Waals surface area contributed by atoms with E-state index in [-0.39, 0.29) is 58.5 Å². The van der Waals surface area contributed by atoms with Crippen LogP contribution in [0.2, 0.25) is 0 Å². The summed E-state index contributed by atoms with van der Waals surface area (Å²) in [6.45, 7) is 12.0. The largest absolute Gasteiger partial charge is 0.493 e. The summed E-state index contributed by atoms with van der Waals surface area (Å²) in [5, 5.41) is 97.1. The summed E-state index contributed by atoms with van der Waals surface area (Å²) < 4.78 is 58.8. The van der Waals surface area contributed by atoms with Crippen LogP contribution in [0.3, 0.4) is 0 Å². The molecule has 77 heavy (non-hydrogen) atoms. The number of hydrogen-bond acceptors (Lipinski definition) is 20. The number of allylic oxidation sites excluding steroid dienone is 2. The van der Waals surface area contributed by atoms with Gasteiger partial charge in [-0.3, -0.25) is 4.79 Å². The second-order valence-corrected chi connectivity index (χ2v) is 25.7. The smallest absolute Gasteiger partial charge is 0.338 e. The zero-order chi connectivity index (χ0) is 55.7. The average molecular weight is 1090 g/mol. The third-order valence-corrected chi connectivity index (χ3v) is 21.2. The molecule has 9 aliphatic rings. The molecule has 21 heteroatoms. The van der Waals surface area contributed by atoms with Crippen molar-refractivity contribution < 1.29 is 103 Å². The fourth-order valence-electron chi connectivity index (χ4n) is 17.0. The summed E-state index contributed by atoms with van der Waals surface area (Å²) >= 11 is 0. The number of aliphatic carboxylic acids is 1. The number of carboxylic acids is 1. The lowest BCUT2D eigenvalue weighted by atomic mass is 9.36. The quantitative estimate of drug-likeness (QED) is 0.0778. The van der Waals surface area contributed by atoms with Crippen LogP contribution >= 0.6 is 0 Å². The first-order valence-electron chi connectivity index (χ1n) is 27.5. The van der Waals surface area contributed by atoms with Crippen LogP contribution in [0.15, 0.2) is 23.8 Å². The number of ether oxygens (including phenoxy) is 10. The van der Waals surface area contributed by atoms with E-state index in [0.29, 0.717) is 36.5 Å². The zero-order valence-electron chi connectivity index (χ0n) is 45.6. The average Bonchev–Trinajstić information content (AvgIpc) is 4.28. The monoisotopic (exact) mass is 1090 g/mol. The van der Waals surface area contributed by atoms with Gasteiger partial charge in [-0.05, 0) is 103 Å². The van der Waals surface area contributed by atoms with Crippen molar-refractivity contribution in [1.29, 1.82) is 0 Å². The van der Waals surface area contributed by atoms with Crippen molar-refractivity contribution in [2.75, 3.05) is 41.2 Å². The number of benzene rings is 1. The highest BCUT2D eigenvalue weighted by atomic mass is 16.8. The molecule has 8 fully saturated rings. The zero-order valence-corrected chi connectivity index (χ0v) is 45.6. The molecule has 3 heterocycles. The Kier molecular flexibility index (Phi) is 15.0. The number of carbonyl (C=O) groups is 2. The number of esters is 1. The van der Waals surface area contributed by atoms with Gasteiger partial charge in [-0.15, -0.1) is 0 Å². The van der Waals surface area contributed by atoms with Crippen LogP contribution in [0, 0.1) is 56.2 Å². The van der Waals surface area contributed by atoms with Crippen molar-refractivity contribution in [1.82, 2.24) is 0 Å². The molecule has 432 valence electrons. The van der Waals surface area contributed by atoms with E-state index < -0.39 is 134 Å². The maximum atomic E-state index is 14.0. The molecule has 23 atom stereocenters. The van der Waals surface area contributed by atoms with E-state index in [1.165, 1.54) is 26.9 Å². The molecule has 0 unspecified atom stereocenters. The lowest BCUT2D eigenvalue weighted by Gasteiger charge is -2.69. The number of rotatable bonds is 13. The number of methoxy groups -OCH3 is 3. The normalized spacial score (nSPS) is 47.5. The molecule has 6 aliphatic carbocycles. The van der Waals surface area contributed by atoms with Crippen molar-refractivity contribution in [3.05, 3.63) is 29.3 Å². The Balaban J connectivity index is 0.854. The lowest BCUT2D eigenvalue weighted by Crippen LogP contribution is -2.66. The van der Waals surface area contributed by atoms with E-state index in [4.69, 9.17) is 47.4 Å². The minimum absolute atomic E-state index is 0.135. The first-order chi connectivity index (χ1) is 36.3. The lowest BCUT2D eigenvalue weighted by molar-refractivity contribution is -0.377. The van der Waals surface area contributed by atoms with Gasteiger partial charge in [0.05, 0.1) is 58.2 Å². The molecule has 1 aromatic carbocycles. The number of carboxylic acid groups (broad SMARTS) is 1. The van der Waals surface area contributed by atoms with E-state index in [0.717, 1.165) is 32.1 Å². The van der Waals surface area contributed by atoms with Gasteiger partial charge in [0.1, 0.15) is 67.1 Å². The molecule has 0 aromatic heterocycles. The van der Waals surface area contributed by atoms with Crippen LogP contribution in [0.1, 0.15) is 110 Å². The molecule has 1 aromatic rings. The first kappa shape index (κ1) is 57.0. The van der Waals surface area contributed by atoms with Crippen molar-refractivity contribution >= 4 is 11.9 Å². The molecule has 3 saturated heterocycles. The van der Waals surface area contributed by atoms with Crippen molar-refractivity contribution in [2.24, 2.45) is 56.2 Å². The van der Waals surface area contributed by atoms with Gasteiger partial charge in [-0.1, -0.05) is 53.2 Å². The summed E-state index contributed by atoms with van der Waals surface area (Å²) in [4.78, 5) is 27.9. The Bertz CT molecular complexity index is 2390. The molecule has 1 spiro atoms. The maximum absolute atomic E-state index is 14.0. The van der Waals surface area contributed by atoms with E-state index in [9.17, 15) is 55.5 Å². The van der Waals surface area contributed by atoms with Crippen molar-refractivity contribution in [3.8, 4) is 17.2 Å². The van der Waals surface area contributed by atoms with Crippen LogP contribution in [0.25, 0.3) is 0 Å². The molecule has 0 amide bonds. The Morgan fingerprint density at radius 3 is 2.00 bits per heavy atom. The minimum atomic E-state index is -1.79. The number of aliphatic hydroxyl groups is 8. The molecule has 3 aliphatic heterocycles. The summed E-state index contributed by atoms with van der Waals surface area (Å²) in [6, 6.07) is 3.09. The van der Waals surface area contributed by atoms with Gasteiger partial charge in [0.2, 0.25) is 5.75 Å². The van der Waals surface area contributed by atoms with Crippen LogP contribution < -0.4 is 14.2 Å². The predicted molar refractivity (Wildman–Crippen MR) is 267 cm³/mol. The summed E-state index contributed by atoms with van der Waals surface area (Å²) in [7, 11) is 4.42. The summed E-state index contributed by atoms with van der Waals surface area (Å²) in [6.07, 6.45) is -12.4. The van der Waals surface area contributed by atoms with Gasteiger partial charge in [-0.25, -0.2) is 4.79 Å². The molecule has 5 saturated carbocycles. The summed E-state index contributed by atoms with van der Waals surface area (Å²) in [5.41, 5.74) is -1.18. The molecule has 21 nitrogen and oxygen atoms in total. The van der Waals surface area contributed by atoms with E-state index in [1.807, 2.05) is 0 Å². The molecular weight excluding hydrogens is 1010 g/mol. The number of fused-ring (bicyclic) bond motifs is 5. The maximum Gasteiger partial charge on any atom is 0.338 e. The molecule has 9 N–H and O–H groups in total. The van der Waals surface area contributed by atoms with Crippen molar-refractivity contribution in [2.45, 2.75) is 191 Å². The standard InChI is InChI=1S/C56H82O21/c1-51(2)20-28-27-10-11-35-53(5)14-13-36(76-49-45(41(62)39(60)32(22-57)73-49)77-48-43(64)40(61)33(24-72-48)74-47-42(63)38(59)29(58)23-71-47)52(3,4)34(53)12-15-54(35,6)56(27)19-26(56)18-55(28,50(66)67)21-37(51)75-46(65)25-16-30(68-7)44(70-9)31(17-25)69-8/h10,16-17,26,28-29,32-43,45,47-49,57-64H,11-15,18-24H2,1-9H3,(H,66,67)/t26-,28+,29-,32-,33-,34+,35-,36+,37+,38+,39-,40+,41+,42-,43-,45-,47+,48+,49+,53+,54-,55-,56-/m1/s1. The highest BCUT2D eigenvalue weighted by molar-refractivity contribution is 5.91. The van der Waals surface area contributed by atoms with E-state index in [1.54, 1.807) is 12.1 Å². The second-order valence-electron chi connectivity index (χ2n) is 25.7. The van der Waals surface area contributed by atoms with Crippen molar-refractivity contribution in [3.63, 3.8) is 0 Å². The number of hydrogen-bond donors (Lipinski definition) is 9. The van der Waals surface area contributed by atoms with Crippen LogP contribution in [-0.2, 0) is 38.0 Å². The molecule has 0 bridgehead atoms. The Hall–Kier alpha value is -3.26. The molecular formula is C56H82O21. The highest BCUT2D eigenvalue weighted by Gasteiger charge is 2.79. The Morgan fingerprint density at radius 2 is 1.35 bits per heavy atom. The van der Waals surface area contributed by atoms with E-state index in [2.05, 4.69) is 47.6 Å². The van der Waals surface area contributed by atoms with Gasteiger partial charge >= 0.3 is 11.9 Å². The van der Waals surface area contributed by atoms with Gasteiger partial charge in [0, 0.05) is 17.3 Å². The third kappa shape index (κ3) is 8.86. The Morgan fingerprint density at radius 1 is 0.688 bits per heavy atom. The second kappa shape index (κ2) is 20.3. The third-order valence-electron chi connectivity index (χ3n) is 21.2. The molecule has 0 radical (unpaired) electrons. The van der Waals surface area contributed by atoms with Gasteiger partial charge in [0.15, 0.2) is 30.4 Å². The highest BCUT2D eigenvalue weighted by Crippen LogP contribution is 2.85. The Labute approximate surface area is 449 Å². The van der Waals surface area contributed by atoms with Crippen LogP contribution in [0.5, 0.6) is 17.2 Å². The first-order valence-corrected chi connectivity index (χ1v) is 27.5. The van der Waals surface area contributed by atoms with Gasteiger partial charge in [-0.2, -0.15) is 0 Å². The fourth-order valence-corrected chi connectivity index (χ4v) is 17.0. The molecule has 10 rings (SSSR count).